The van der Waals surface area contributed by atoms with E-state index in [1.165, 1.54) is 6.92 Å². The third-order valence-electron chi connectivity index (χ3n) is 4.57. The van der Waals surface area contributed by atoms with E-state index < -0.39 is 23.1 Å². The number of benzene rings is 3. The third-order valence-corrected chi connectivity index (χ3v) is 4.57. The molecule has 3 aromatic rings. The van der Waals surface area contributed by atoms with Gasteiger partial charge in [0.25, 0.3) is 0 Å². The number of rotatable bonds is 3. The average molecular weight is 344 g/mol. The molecule has 0 heterocycles. The van der Waals surface area contributed by atoms with Crippen LogP contribution in [0.5, 0.6) is 0 Å². The minimum Gasteiger partial charge on any atom is -0.349 e. The number of carbonyl (C=O) groups is 3. The van der Waals surface area contributed by atoms with Gasteiger partial charge in [-0.1, -0.05) is 60.7 Å². The van der Waals surface area contributed by atoms with E-state index in [0.717, 1.165) is 10.8 Å². The molecule has 0 atom stereocenters. The van der Waals surface area contributed by atoms with Crippen molar-refractivity contribution in [1.82, 2.24) is 5.32 Å². The molecule has 3 aromatic carbocycles. The monoisotopic (exact) mass is 344 g/mol. The van der Waals surface area contributed by atoms with Crippen LogP contribution in [0, 0.1) is 0 Å². The Morgan fingerprint density at radius 2 is 1.38 bits per heavy atom. The zero-order valence-corrected chi connectivity index (χ0v) is 14.1. The van der Waals surface area contributed by atoms with Crippen LogP contribution in [0.4, 0.5) is 5.69 Å². The predicted octanol–water partition coefficient (Wildman–Crippen LogP) is 3.16. The van der Waals surface area contributed by atoms with Gasteiger partial charge in [-0.05, 0) is 11.5 Å². The molecule has 0 saturated carbocycles. The van der Waals surface area contributed by atoms with Gasteiger partial charge >= 0.3 is 0 Å². The Labute approximate surface area is 150 Å². The van der Waals surface area contributed by atoms with Crippen LogP contribution in [-0.4, -0.2) is 23.1 Å². The van der Waals surface area contributed by atoms with E-state index >= 15 is 0 Å². The van der Waals surface area contributed by atoms with Crippen molar-refractivity contribution in [3.63, 3.8) is 0 Å². The molecule has 5 heteroatoms. The molecule has 0 aromatic heterocycles. The van der Waals surface area contributed by atoms with Gasteiger partial charge in [-0.15, -0.1) is 0 Å². The second-order valence-corrected chi connectivity index (χ2v) is 6.29. The molecule has 4 rings (SSSR count). The number of anilines is 1. The Bertz CT molecular complexity index is 1030. The van der Waals surface area contributed by atoms with Gasteiger partial charge in [-0.2, -0.15) is 0 Å². The first-order valence-electron chi connectivity index (χ1n) is 8.26. The number of hydrogen-bond acceptors (Lipinski definition) is 4. The molecule has 1 aliphatic rings. The fraction of sp³-hybridized carbons (Fsp3) is 0.0952. The van der Waals surface area contributed by atoms with Gasteiger partial charge in [-0.3, -0.25) is 14.4 Å². The standard InChI is InChI=1S/C21H16N2O3/c1-13(24)22-21(19(25)16-10-4-5-11-17(16)20(21)26)23-18-12-6-8-14-7-2-3-9-15(14)18/h2-12,23H,1H3,(H,22,24). The topological polar surface area (TPSA) is 75.3 Å². The first-order chi connectivity index (χ1) is 12.5. The SMILES string of the molecule is CC(=O)NC1(Nc2cccc3ccccc23)C(=O)c2ccccc2C1=O. The molecule has 26 heavy (non-hydrogen) atoms. The van der Waals surface area contributed by atoms with Crippen molar-refractivity contribution in [3.8, 4) is 0 Å². The smallest absolute Gasteiger partial charge is 0.240 e. The summed E-state index contributed by atoms with van der Waals surface area (Å²) in [4.78, 5) is 38.1. The Hall–Kier alpha value is -3.47. The van der Waals surface area contributed by atoms with Crippen LogP contribution < -0.4 is 10.6 Å². The van der Waals surface area contributed by atoms with Crippen LogP contribution in [0.15, 0.2) is 66.7 Å². The summed E-state index contributed by atoms with van der Waals surface area (Å²) in [6.07, 6.45) is 0. The molecule has 0 radical (unpaired) electrons. The number of hydrogen-bond donors (Lipinski definition) is 2. The van der Waals surface area contributed by atoms with Crippen LogP contribution in [0.25, 0.3) is 10.8 Å². The minimum absolute atomic E-state index is 0.305. The lowest BCUT2D eigenvalue weighted by Crippen LogP contribution is -2.62. The van der Waals surface area contributed by atoms with E-state index in [9.17, 15) is 14.4 Å². The molecule has 2 N–H and O–H groups in total. The molecule has 1 amide bonds. The van der Waals surface area contributed by atoms with Crippen molar-refractivity contribution in [1.29, 1.82) is 0 Å². The second kappa shape index (κ2) is 5.81. The molecular formula is C21H16N2O3. The second-order valence-electron chi connectivity index (χ2n) is 6.29. The molecule has 0 spiro atoms. The van der Waals surface area contributed by atoms with E-state index in [4.69, 9.17) is 0 Å². The fourth-order valence-corrected chi connectivity index (χ4v) is 3.45. The highest BCUT2D eigenvalue weighted by molar-refractivity contribution is 6.35. The highest BCUT2D eigenvalue weighted by Crippen LogP contribution is 2.33. The van der Waals surface area contributed by atoms with Crippen molar-refractivity contribution in [2.75, 3.05) is 5.32 Å². The number of carbonyl (C=O) groups excluding carboxylic acids is 3. The molecule has 0 saturated heterocycles. The zero-order chi connectivity index (χ0) is 18.3. The van der Waals surface area contributed by atoms with Crippen LogP contribution in [-0.2, 0) is 4.79 Å². The average Bonchev–Trinajstić information content (AvgIpc) is 2.84. The van der Waals surface area contributed by atoms with Crippen molar-refractivity contribution in [3.05, 3.63) is 77.9 Å². The highest BCUT2D eigenvalue weighted by atomic mass is 16.2. The summed E-state index contributed by atoms with van der Waals surface area (Å²) < 4.78 is 0. The first kappa shape index (κ1) is 16.0. The van der Waals surface area contributed by atoms with E-state index in [2.05, 4.69) is 10.6 Å². The molecular weight excluding hydrogens is 328 g/mol. The molecule has 0 aliphatic heterocycles. The molecule has 0 fully saturated rings. The van der Waals surface area contributed by atoms with Gasteiger partial charge in [-0.25, -0.2) is 0 Å². The maximum Gasteiger partial charge on any atom is 0.240 e. The van der Waals surface area contributed by atoms with Crippen molar-refractivity contribution in [2.45, 2.75) is 12.6 Å². The highest BCUT2D eigenvalue weighted by Gasteiger charge is 2.54. The minimum atomic E-state index is -1.83. The fourth-order valence-electron chi connectivity index (χ4n) is 3.45. The molecule has 0 unspecified atom stereocenters. The summed E-state index contributed by atoms with van der Waals surface area (Å²) in [6, 6.07) is 19.8. The van der Waals surface area contributed by atoms with Gasteiger partial charge in [0.05, 0.1) is 0 Å². The molecule has 5 nitrogen and oxygen atoms in total. The van der Waals surface area contributed by atoms with Crippen LogP contribution >= 0.6 is 0 Å². The normalized spacial score (nSPS) is 15.0. The molecule has 1 aliphatic carbocycles. The van der Waals surface area contributed by atoms with Gasteiger partial charge in [0.15, 0.2) is 0 Å². The Morgan fingerprint density at radius 3 is 2.04 bits per heavy atom. The molecule has 0 bridgehead atoms. The van der Waals surface area contributed by atoms with Crippen LogP contribution in [0.1, 0.15) is 27.6 Å². The quantitative estimate of drug-likeness (QED) is 0.565. The lowest BCUT2D eigenvalue weighted by molar-refractivity contribution is -0.119. The van der Waals surface area contributed by atoms with Crippen molar-refractivity contribution in [2.24, 2.45) is 0 Å². The Kier molecular flexibility index (Phi) is 3.58. The lowest BCUT2D eigenvalue weighted by Gasteiger charge is -2.29. The predicted molar refractivity (Wildman–Crippen MR) is 99.2 cm³/mol. The van der Waals surface area contributed by atoms with E-state index in [-0.39, 0.29) is 0 Å². The van der Waals surface area contributed by atoms with Crippen LogP contribution in [0.2, 0.25) is 0 Å². The summed E-state index contributed by atoms with van der Waals surface area (Å²) in [5.41, 5.74) is -0.621. The maximum absolute atomic E-state index is 13.1. The number of ketones is 2. The molecule has 128 valence electrons. The van der Waals surface area contributed by atoms with E-state index in [0.29, 0.717) is 16.8 Å². The summed E-state index contributed by atoms with van der Waals surface area (Å²) in [5.74, 6) is -1.38. The van der Waals surface area contributed by atoms with E-state index in [1.807, 2.05) is 36.4 Å². The van der Waals surface area contributed by atoms with Crippen molar-refractivity contribution >= 4 is 33.9 Å². The first-order valence-corrected chi connectivity index (χ1v) is 8.26. The summed E-state index contributed by atoms with van der Waals surface area (Å²) in [5, 5.41) is 7.43. The maximum atomic E-state index is 13.1. The number of fused-ring (bicyclic) bond motifs is 2. The Morgan fingerprint density at radius 1 is 0.808 bits per heavy atom. The number of amides is 1. The van der Waals surface area contributed by atoms with Crippen LogP contribution in [0.3, 0.4) is 0 Å². The van der Waals surface area contributed by atoms with Crippen molar-refractivity contribution < 1.29 is 14.4 Å². The number of Topliss-reactive ketones (excluding diaryl/α,β-unsaturated/α-hetero) is 2. The summed E-state index contributed by atoms with van der Waals surface area (Å²) in [6.45, 7) is 1.29. The van der Waals surface area contributed by atoms with Gasteiger partial charge in [0, 0.05) is 29.1 Å². The zero-order valence-electron chi connectivity index (χ0n) is 14.1. The Balaban J connectivity index is 1.88. The van der Waals surface area contributed by atoms with E-state index in [1.54, 1.807) is 30.3 Å². The summed E-state index contributed by atoms with van der Waals surface area (Å²) >= 11 is 0. The van der Waals surface area contributed by atoms with Gasteiger partial charge in [0.2, 0.25) is 23.1 Å². The summed E-state index contributed by atoms with van der Waals surface area (Å²) in [7, 11) is 0. The van der Waals surface area contributed by atoms with Gasteiger partial charge < -0.3 is 10.6 Å². The third kappa shape index (κ3) is 2.29. The largest absolute Gasteiger partial charge is 0.349 e. The lowest BCUT2D eigenvalue weighted by atomic mass is 10.0. The van der Waals surface area contributed by atoms with Gasteiger partial charge in [0.1, 0.15) is 0 Å². The number of nitrogens with one attached hydrogen (secondary N) is 2.